The van der Waals surface area contributed by atoms with Crippen molar-refractivity contribution < 1.29 is 14.7 Å². The Labute approximate surface area is 94.3 Å². The molecule has 16 heavy (non-hydrogen) atoms. The number of aliphatic carboxylic acids is 1. The minimum absolute atomic E-state index is 0.0589. The van der Waals surface area contributed by atoms with E-state index in [0.29, 0.717) is 5.56 Å². The topological polar surface area (TPSA) is 66.4 Å². The Morgan fingerprint density at radius 2 is 2.00 bits per heavy atom. The van der Waals surface area contributed by atoms with Gasteiger partial charge in [0.15, 0.2) is 0 Å². The number of benzene rings is 1. The summed E-state index contributed by atoms with van der Waals surface area (Å²) >= 11 is 0. The molecule has 4 heteroatoms. The SMILES string of the molecule is Cc1ccc(C)c(C(=O)NCCC(=O)O)c1. The number of nitrogens with one attached hydrogen (secondary N) is 1. The van der Waals surface area contributed by atoms with Crippen molar-refractivity contribution in [1.82, 2.24) is 5.32 Å². The monoisotopic (exact) mass is 221 g/mol. The summed E-state index contributed by atoms with van der Waals surface area (Å²) in [5, 5.41) is 11.0. The number of carboxylic acids is 1. The van der Waals surface area contributed by atoms with Crippen LogP contribution in [0.25, 0.3) is 0 Å². The van der Waals surface area contributed by atoms with Gasteiger partial charge in [-0.15, -0.1) is 0 Å². The molecule has 0 spiro atoms. The van der Waals surface area contributed by atoms with Crippen LogP contribution in [0.15, 0.2) is 18.2 Å². The summed E-state index contributed by atoms with van der Waals surface area (Å²) in [5.41, 5.74) is 2.50. The maximum Gasteiger partial charge on any atom is 0.305 e. The summed E-state index contributed by atoms with van der Waals surface area (Å²) in [6, 6.07) is 5.61. The first-order valence-electron chi connectivity index (χ1n) is 5.08. The minimum Gasteiger partial charge on any atom is -0.481 e. The summed E-state index contributed by atoms with van der Waals surface area (Å²) in [6.07, 6.45) is -0.0589. The molecule has 1 amide bonds. The van der Waals surface area contributed by atoms with Gasteiger partial charge in [-0.25, -0.2) is 0 Å². The van der Waals surface area contributed by atoms with Gasteiger partial charge in [0.25, 0.3) is 5.91 Å². The fourth-order valence-electron chi connectivity index (χ4n) is 1.36. The summed E-state index contributed by atoms with van der Waals surface area (Å²) in [7, 11) is 0. The van der Waals surface area contributed by atoms with Gasteiger partial charge in [0.05, 0.1) is 6.42 Å². The second-order valence-corrected chi connectivity index (χ2v) is 3.72. The number of hydrogen-bond donors (Lipinski definition) is 2. The smallest absolute Gasteiger partial charge is 0.305 e. The molecule has 0 aliphatic heterocycles. The van der Waals surface area contributed by atoms with Crippen molar-refractivity contribution in [3.63, 3.8) is 0 Å². The normalized spacial score (nSPS) is 9.88. The molecule has 0 aromatic heterocycles. The van der Waals surface area contributed by atoms with Gasteiger partial charge in [-0.1, -0.05) is 17.7 Å². The molecule has 0 unspecified atom stereocenters. The molecule has 1 aromatic rings. The van der Waals surface area contributed by atoms with E-state index in [9.17, 15) is 9.59 Å². The molecule has 0 radical (unpaired) electrons. The molecule has 0 bridgehead atoms. The van der Waals surface area contributed by atoms with Crippen molar-refractivity contribution in [2.24, 2.45) is 0 Å². The van der Waals surface area contributed by atoms with Gasteiger partial charge in [-0.2, -0.15) is 0 Å². The number of amides is 1. The summed E-state index contributed by atoms with van der Waals surface area (Å²) in [4.78, 5) is 22.0. The number of carbonyl (C=O) groups excluding carboxylic acids is 1. The lowest BCUT2D eigenvalue weighted by atomic mass is 10.1. The minimum atomic E-state index is -0.915. The third kappa shape index (κ3) is 3.38. The lowest BCUT2D eigenvalue weighted by Crippen LogP contribution is -2.26. The maximum atomic E-state index is 11.7. The van der Waals surface area contributed by atoms with Crippen LogP contribution in [-0.4, -0.2) is 23.5 Å². The van der Waals surface area contributed by atoms with Crippen LogP contribution in [0.1, 0.15) is 27.9 Å². The first kappa shape index (κ1) is 12.2. The van der Waals surface area contributed by atoms with Crippen LogP contribution < -0.4 is 5.32 Å². The van der Waals surface area contributed by atoms with Gasteiger partial charge in [0, 0.05) is 12.1 Å². The van der Waals surface area contributed by atoms with Gasteiger partial charge < -0.3 is 10.4 Å². The van der Waals surface area contributed by atoms with E-state index in [1.54, 1.807) is 6.07 Å². The highest BCUT2D eigenvalue weighted by atomic mass is 16.4. The zero-order chi connectivity index (χ0) is 12.1. The van der Waals surface area contributed by atoms with E-state index in [4.69, 9.17) is 5.11 Å². The quantitative estimate of drug-likeness (QED) is 0.809. The van der Waals surface area contributed by atoms with E-state index in [0.717, 1.165) is 11.1 Å². The highest BCUT2D eigenvalue weighted by molar-refractivity contribution is 5.95. The molecule has 1 rings (SSSR count). The van der Waals surface area contributed by atoms with Crippen LogP contribution in [0, 0.1) is 13.8 Å². The second kappa shape index (κ2) is 5.30. The number of rotatable bonds is 4. The molecule has 0 aliphatic carbocycles. The standard InChI is InChI=1S/C12H15NO3/c1-8-3-4-9(2)10(7-8)12(16)13-6-5-11(14)15/h3-4,7H,5-6H2,1-2H3,(H,13,16)(H,14,15). The first-order valence-corrected chi connectivity index (χ1v) is 5.08. The van der Waals surface area contributed by atoms with Crippen molar-refractivity contribution >= 4 is 11.9 Å². The predicted octanol–water partition coefficient (Wildman–Crippen LogP) is 1.51. The van der Waals surface area contributed by atoms with Crippen molar-refractivity contribution in [1.29, 1.82) is 0 Å². The number of carbonyl (C=O) groups is 2. The number of aryl methyl sites for hydroxylation is 2. The second-order valence-electron chi connectivity index (χ2n) is 3.72. The lowest BCUT2D eigenvalue weighted by Gasteiger charge is -2.07. The lowest BCUT2D eigenvalue weighted by molar-refractivity contribution is -0.136. The molecular formula is C12H15NO3. The number of carboxylic acid groups (broad SMARTS) is 1. The van der Waals surface area contributed by atoms with Gasteiger partial charge in [0.2, 0.25) is 0 Å². The molecule has 4 nitrogen and oxygen atoms in total. The van der Waals surface area contributed by atoms with Crippen molar-refractivity contribution in [3.05, 3.63) is 34.9 Å². The average molecular weight is 221 g/mol. The molecule has 2 N–H and O–H groups in total. The molecule has 0 atom stereocenters. The van der Waals surface area contributed by atoms with E-state index in [1.807, 2.05) is 26.0 Å². The van der Waals surface area contributed by atoms with Crippen LogP contribution in [-0.2, 0) is 4.79 Å². The van der Waals surface area contributed by atoms with E-state index >= 15 is 0 Å². The highest BCUT2D eigenvalue weighted by Crippen LogP contribution is 2.10. The summed E-state index contributed by atoms with van der Waals surface area (Å²) in [5.74, 6) is -1.14. The van der Waals surface area contributed by atoms with Crippen LogP contribution in [0.3, 0.4) is 0 Å². The third-order valence-electron chi connectivity index (χ3n) is 2.26. The molecule has 0 saturated heterocycles. The molecule has 0 aliphatic rings. The Morgan fingerprint density at radius 1 is 1.31 bits per heavy atom. The van der Waals surface area contributed by atoms with E-state index in [-0.39, 0.29) is 18.9 Å². The highest BCUT2D eigenvalue weighted by Gasteiger charge is 2.08. The molecule has 0 heterocycles. The third-order valence-corrected chi connectivity index (χ3v) is 2.26. The maximum absolute atomic E-state index is 11.7. The fraction of sp³-hybridized carbons (Fsp3) is 0.333. The molecule has 0 saturated carbocycles. The Bertz CT molecular complexity index is 413. The predicted molar refractivity (Wildman–Crippen MR) is 60.5 cm³/mol. The van der Waals surface area contributed by atoms with Crippen molar-refractivity contribution in [2.75, 3.05) is 6.54 Å². The summed E-state index contributed by atoms with van der Waals surface area (Å²) < 4.78 is 0. The first-order chi connectivity index (χ1) is 7.50. The Balaban J connectivity index is 2.65. The summed E-state index contributed by atoms with van der Waals surface area (Å²) in [6.45, 7) is 3.92. The van der Waals surface area contributed by atoms with E-state index in [2.05, 4.69) is 5.32 Å². The van der Waals surface area contributed by atoms with E-state index < -0.39 is 5.97 Å². The van der Waals surface area contributed by atoms with Crippen molar-refractivity contribution in [3.8, 4) is 0 Å². The van der Waals surface area contributed by atoms with Crippen LogP contribution in [0.5, 0.6) is 0 Å². The molecule has 0 fully saturated rings. The largest absolute Gasteiger partial charge is 0.481 e. The Hall–Kier alpha value is -1.84. The van der Waals surface area contributed by atoms with Crippen molar-refractivity contribution in [2.45, 2.75) is 20.3 Å². The van der Waals surface area contributed by atoms with Gasteiger partial charge >= 0.3 is 5.97 Å². The average Bonchev–Trinajstić information content (AvgIpc) is 2.21. The van der Waals surface area contributed by atoms with Gasteiger partial charge in [-0.05, 0) is 25.5 Å². The van der Waals surface area contributed by atoms with Crippen LogP contribution >= 0.6 is 0 Å². The number of hydrogen-bond acceptors (Lipinski definition) is 2. The molecular weight excluding hydrogens is 206 g/mol. The molecule has 1 aromatic carbocycles. The van der Waals surface area contributed by atoms with Crippen LogP contribution in [0.2, 0.25) is 0 Å². The van der Waals surface area contributed by atoms with Crippen LogP contribution in [0.4, 0.5) is 0 Å². The van der Waals surface area contributed by atoms with Gasteiger partial charge in [0.1, 0.15) is 0 Å². The molecule has 86 valence electrons. The van der Waals surface area contributed by atoms with E-state index in [1.165, 1.54) is 0 Å². The zero-order valence-corrected chi connectivity index (χ0v) is 9.41. The zero-order valence-electron chi connectivity index (χ0n) is 9.41. The Morgan fingerprint density at radius 3 is 2.62 bits per heavy atom. The fourth-order valence-corrected chi connectivity index (χ4v) is 1.36. The Kier molecular flexibility index (Phi) is 4.05. The van der Waals surface area contributed by atoms with Gasteiger partial charge in [-0.3, -0.25) is 9.59 Å².